The van der Waals surface area contributed by atoms with Gasteiger partial charge in [0.05, 0.1) is 18.8 Å². The lowest BCUT2D eigenvalue weighted by Crippen LogP contribution is -2.49. The van der Waals surface area contributed by atoms with Crippen LogP contribution in [-0.4, -0.2) is 71.5 Å². The van der Waals surface area contributed by atoms with Crippen LogP contribution >= 0.6 is 0 Å². The van der Waals surface area contributed by atoms with Gasteiger partial charge in [-0.25, -0.2) is 9.97 Å². The number of aliphatic hydroxyl groups excluding tert-OH is 1. The maximum Gasteiger partial charge on any atom is 0.136 e. The fourth-order valence-electron chi connectivity index (χ4n) is 3.78. The molecule has 0 radical (unpaired) electrons. The summed E-state index contributed by atoms with van der Waals surface area (Å²) < 4.78 is 5.53. The van der Waals surface area contributed by atoms with Crippen LogP contribution in [0.5, 0.6) is 0 Å². The predicted molar refractivity (Wildman–Crippen MR) is 117 cm³/mol. The molecule has 0 aliphatic carbocycles. The molecule has 1 aliphatic heterocycles. The van der Waals surface area contributed by atoms with Gasteiger partial charge in [0.2, 0.25) is 0 Å². The number of hydrogen-bond acceptors (Lipinski definition) is 6. The van der Waals surface area contributed by atoms with Crippen molar-refractivity contribution in [3.05, 3.63) is 53.0 Å². The van der Waals surface area contributed by atoms with Crippen molar-refractivity contribution in [3.8, 4) is 0 Å². The summed E-state index contributed by atoms with van der Waals surface area (Å²) in [4.78, 5) is 14.1. The first-order chi connectivity index (χ1) is 13.9. The number of nitrogens with zero attached hydrogens (tertiary/aromatic N) is 4. The summed E-state index contributed by atoms with van der Waals surface area (Å²) in [5, 5.41) is 10.2. The monoisotopic (exact) mass is 398 g/mol. The average Bonchev–Trinajstić information content (AvgIpc) is 2.70. The highest BCUT2D eigenvalue weighted by Crippen LogP contribution is 2.25. The quantitative estimate of drug-likeness (QED) is 0.738. The molecule has 2 heterocycles. The molecule has 2 aromatic rings. The van der Waals surface area contributed by atoms with E-state index in [1.165, 1.54) is 11.1 Å². The lowest BCUT2D eigenvalue weighted by Gasteiger charge is -2.37. The van der Waals surface area contributed by atoms with Crippen LogP contribution < -0.4 is 4.90 Å². The van der Waals surface area contributed by atoms with Crippen molar-refractivity contribution in [1.82, 2.24) is 14.9 Å². The Morgan fingerprint density at radius 1 is 1.03 bits per heavy atom. The summed E-state index contributed by atoms with van der Waals surface area (Å²) in [5.74, 6) is 1.88. The highest BCUT2D eigenvalue weighted by atomic mass is 16.5. The predicted octanol–water partition coefficient (Wildman–Crippen LogP) is 2.59. The summed E-state index contributed by atoms with van der Waals surface area (Å²) in [6, 6.07) is 10.5. The van der Waals surface area contributed by atoms with E-state index in [0.29, 0.717) is 13.2 Å². The van der Waals surface area contributed by atoms with Crippen molar-refractivity contribution in [2.75, 3.05) is 44.2 Å². The zero-order valence-corrected chi connectivity index (χ0v) is 18.1. The van der Waals surface area contributed by atoms with Crippen LogP contribution in [0.4, 0.5) is 5.82 Å². The second kappa shape index (κ2) is 10.1. The van der Waals surface area contributed by atoms with E-state index in [0.717, 1.165) is 49.9 Å². The van der Waals surface area contributed by atoms with Gasteiger partial charge in [0.15, 0.2) is 0 Å². The van der Waals surface area contributed by atoms with Gasteiger partial charge < -0.3 is 14.7 Å². The average molecular weight is 399 g/mol. The van der Waals surface area contributed by atoms with E-state index >= 15 is 0 Å². The fraction of sp³-hybridized carbons (Fsp3) is 0.565. The standard InChI is InChI=1S/C23H34N4O2/c1-17(2)29-16-21(28)15-26-10-12-27(13-11-26)23-22(18(3)24-19(4)25-23)14-20-8-6-5-7-9-20/h5-9,17,21,28H,10-16H2,1-4H3/t21-/m0/s1. The van der Waals surface area contributed by atoms with E-state index in [1.807, 2.05) is 26.8 Å². The summed E-state index contributed by atoms with van der Waals surface area (Å²) >= 11 is 0. The highest BCUT2D eigenvalue weighted by Gasteiger charge is 2.23. The second-order valence-electron chi connectivity index (χ2n) is 8.14. The van der Waals surface area contributed by atoms with Crippen LogP contribution in [0.2, 0.25) is 0 Å². The van der Waals surface area contributed by atoms with Crippen LogP contribution in [0.15, 0.2) is 30.3 Å². The maximum absolute atomic E-state index is 10.2. The number of piperazine rings is 1. The van der Waals surface area contributed by atoms with Gasteiger partial charge in [-0.15, -0.1) is 0 Å². The Bertz CT molecular complexity index is 774. The number of aryl methyl sites for hydroxylation is 2. The van der Waals surface area contributed by atoms with Crippen LogP contribution in [-0.2, 0) is 11.2 Å². The van der Waals surface area contributed by atoms with Crippen molar-refractivity contribution in [1.29, 1.82) is 0 Å². The van der Waals surface area contributed by atoms with Crippen LogP contribution in [0.25, 0.3) is 0 Å². The molecular formula is C23H34N4O2. The number of rotatable bonds is 8. The van der Waals surface area contributed by atoms with Crippen LogP contribution in [0.3, 0.4) is 0 Å². The molecule has 29 heavy (non-hydrogen) atoms. The van der Waals surface area contributed by atoms with Crippen molar-refractivity contribution >= 4 is 5.82 Å². The zero-order valence-electron chi connectivity index (χ0n) is 18.1. The van der Waals surface area contributed by atoms with E-state index in [-0.39, 0.29) is 6.10 Å². The number of aromatic nitrogens is 2. The number of aliphatic hydroxyl groups is 1. The van der Waals surface area contributed by atoms with E-state index in [4.69, 9.17) is 9.72 Å². The van der Waals surface area contributed by atoms with Gasteiger partial charge in [0, 0.05) is 50.4 Å². The first kappa shape index (κ1) is 21.7. The number of ether oxygens (including phenoxy) is 1. The Balaban J connectivity index is 1.65. The van der Waals surface area contributed by atoms with Crippen molar-refractivity contribution in [3.63, 3.8) is 0 Å². The molecule has 1 fully saturated rings. The summed E-state index contributed by atoms with van der Waals surface area (Å²) in [6.45, 7) is 12.7. The third-order valence-electron chi connectivity index (χ3n) is 5.29. The zero-order chi connectivity index (χ0) is 20.8. The second-order valence-corrected chi connectivity index (χ2v) is 8.14. The van der Waals surface area contributed by atoms with E-state index in [1.54, 1.807) is 0 Å². The molecule has 0 unspecified atom stereocenters. The SMILES string of the molecule is Cc1nc(C)c(Cc2ccccc2)c(N2CCN(C[C@H](O)COC(C)C)CC2)n1. The van der Waals surface area contributed by atoms with Gasteiger partial charge in [0.1, 0.15) is 11.6 Å². The minimum Gasteiger partial charge on any atom is -0.389 e. The van der Waals surface area contributed by atoms with Crippen molar-refractivity contribution in [2.24, 2.45) is 0 Å². The molecule has 6 heteroatoms. The van der Waals surface area contributed by atoms with Gasteiger partial charge >= 0.3 is 0 Å². The Kier molecular flexibility index (Phi) is 7.58. The Hall–Kier alpha value is -2.02. The maximum atomic E-state index is 10.2. The largest absolute Gasteiger partial charge is 0.389 e. The minimum absolute atomic E-state index is 0.147. The first-order valence-electron chi connectivity index (χ1n) is 10.6. The van der Waals surface area contributed by atoms with Gasteiger partial charge in [0.25, 0.3) is 0 Å². The third kappa shape index (κ3) is 6.23. The summed E-state index contributed by atoms with van der Waals surface area (Å²) in [7, 11) is 0. The number of β-amino-alcohol motifs (C(OH)–C–C–N with tert-alkyl or cyclic N) is 1. The molecule has 1 aromatic carbocycles. The number of hydrogen-bond donors (Lipinski definition) is 1. The smallest absolute Gasteiger partial charge is 0.136 e. The molecule has 1 atom stereocenters. The molecular weight excluding hydrogens is 364 g/mol. The molecule has 0 amide bonds. The molecule has 1 N–H and O–H groups in total. The molecule has 6 nitrogen and oxygen atoms in total. The minimum atomic E-state index is -0.443. The Labute approximate surface area is 174 Å². The van der Waals surface area contributed by atoms with Gasteiger partial charge in [-0.3, -0.25) is 4.90 Å². The third-order valence-corrected chi connectivity index (χ3v) is 5.29. The van der Waals surface area contributed by atoms with Gasteiger partial charge in [-0.05, 0) is 33.3 Å². The number of benzene rings is 1. The number of anilines is 1. The highest BCUT2D eigenvalue weighted by molar-refractivity contribution is 5.51. The molecule has 3 rings (SSSR count). The molecule has 1 saturated heterocycles. The fourth-order valence-corrected chi connectivity index (χ4v) is 3.78. The van der Waals surface area contributed by atoms with Crippen molar-refractivity contribution in [2.45, 2.75) is 46.3 Å². The summed E-state index contributed by atoms with van der Waals surface area (Å²) in [5.41, 5.74) is 3.54. The van der Waals surface area contributed by atoms with Crippen LogP contribution in [0.1, 0.15) is 36.5 Å². The Morgan fingerprint density at radius 3 is 2.38 bits per heavy atom. The Morgan fingerprint density at radius 2 is 1.72 bits per heavy atom. The summed E-state index contributed by atoms with van der Waals surface area (Å²) in [6.07, 6.45) is 0.545. The van der Waals surface area contributed by atoms with E-state index < -0.39 is 6.10 Å². The molecule has 0 spiro atoms. The molecule has 158 valence electrons. The van der Waals surface area contributed by atoms with E-state index in [2.05, 4.69) is 46.0 Å². The first-order valence-corrected chi connectivity index (χ1v) is 10.6. The molecule has 1 aromatic heterocycles. The molecule has 1 aliphatic rings. The van der Waals surface area contributed by atoms with Crippen LogP contribution in [0, 0.1) is 13.8 Å². The molecule has 0 saturated carbocycles. The lowest BCUT2D eigenvalue weighted by molar-refractivity contribution is -0.00901. The van der Waals surface area contributed by atoms with E-state index in [9.17, 15) is 5.11 Å². The van der Waals surface area contributed by atoms with Crippen molar-refractivity contribution < 1.29 is 9.84 Å². The lowest BCUT2D eigenvalue weighted by atomic mass is 10.0. The van der Waals surface area contributed by atoms with Gasteiger partial charge in [-0.2, -0.15) is 0 Å². The molecule has 0 bridgehead atoms. The topological polar surface area (TPSA) is 61.7 Å². The normalized spacial score (nSPS) is 16.4. The van der Waals surface area contributed by atoms with Gasteiger partial charge in [-0.1, -0.05) is 30.3 Å².